The first kappa shape index (κ1) is 72.3. The predicted molar refractivity (Wildman–Crippen MR) is 394 cm³/mol. The van der Waals surface area contributed by atoms with Crippen LogP contribution in [0.4, 0.5) is 0 Å². The molecule has 8 aromatic rings. The molecule has 0 fully saturated rings. The third kappa shape index (κ3) is 29.1. The van der Waals surface area contributed by atoms with Gasteiger partial charge in [0.05, 0.1) is 24.2 Å². The average molecular weight is 1240 g/mol. The van der Waals surface area contributed by atoms with Gasteiger partial charge in [0.15, 0.2) is 16.4 Å². The van der Waals surface area contributed by atoms with Gasteiger partial charge < -0.3 is 4.43 Å². The van der Waals surface area contributed by atoms with Crippen LogP contribution in [0.3, 0.4) is 0 Å². The lowest BCUT2D eigenvalue weighted by Crippen LogP contribution is -2.71. The van der Waals surface area contributed by atoms with Crippen LogP contribution in [0.5, 0.6) is 0 Å². The fraction of sp³-hybridized carbons (Fsp3) is 0.297. The first-order chi connectivity index (χ1) is 39.2. The van der Waals surface area contributed by atoms with Gasteiger partial charge in [0.25, 0.3) is 0 Å². The number of hydrogen-bond donors (Lipinski definition) is 0. The molecule has 0 aliphatic rings. The molecule has 1 unspecified atom stereocenters. The normalized spacial score (nSPS) is 11.8. The van der Waals surface area contributed by atoms with E-state index in [0.717, 1.165) is 19.1 Å². The Morgan fingerprint density at radius 1 is 0.446 bits per heavy atom. The molecule has 0 bridgehead atoms. The lowest BCUT2D eigenvalue weighted by Gasteiger charge is -2.45. The molecule has 0 saturated carbocycles. The number of benzene rings is 8. The van der Waals surface area contributed by atoms with Crippen LogP contribution in [0.2, 0.25) is 104 Å². The third-order valence-electron chi connectivity index (χ3n) is 12.5. The highest BCUT2D eigenvalue weighted by Crippen LogP contribution is 2.44. The molecule has 83 heavy (non-hydrogen) atoms. The molecule has 0 spiro atoms. The van der Waals surface area contributed by atoms with Crippen LogP contribution < -0.4 is 15.6 Å². The van der Waals surface area contributed by atoms with E-state index in [2.05, 4.69) is 366 Å². The summed E-state index contributed by atoms with van der Waals surface area (Å²) in [5, 5.41) is 5.59. The van der Waals surface area contributed by atoms with E-state index in [4.69, 9.17) is 10.8 Å². The number of terminal acetylenes is 1. The minimum atomic E-state index is -2.72. The van der Waals surface area contributed by atoms with Gasteiger partial charge in [0.2, 0.25) is 0 Å². The van der Waals surface area contributed by atoms with E-state index in [1.807, 2.05) is 23.0 Å². The van der Waals surface area contributed by atoms with E-state index >= 15 is 0 Å². The summed E-state index contributed by atoms with van der Waals surface area (Å²) in [7, 11) is -7.52. The first-order valence-electron chi connectivity index (χ1n) is 29.7. The van der Waals surface area contributed by atoms with Crippen molar-refractivity contribution in [1.82, 2.24) is 0 Å². The van der Waals surface area contributed by atoms with Crippen molar-refractivity contribution in [3.63, 3.8) is 0 Å². The van der Waals surface area contributed by atoms with Crippen LogP contribution in [-0.4, -0.2) is 59.8 Å². The highest BCUT2D eigenvalue weighted by atomic mass is 32.4. The maximum absolute atomic E-state index is 5.52. The van der Waals surface area contributed by atoms with Gasteiger partial charge in [-0.1, -0.05) is 304 Å². The zero-order valence-corrected chi connectivity index (χ0v) is 61.3. The molecular formula is C74H102OS2Si6. The van der Waals surface area contributed by atoms with Gasteiger partial charge in [0, 0.05) is 33.9 Å². The van der Waals surface area contributed by atoms with Crippen molar-refractivity contribution in [1.29, 1.82) is 0 Å². The Balaban J connectivity index is 0.000000331. The molecule has 0 aliphatic heterocycles. The zero-order chi connectivity index (χ0) is 61.4. The van der Waals surface area contributed by atoms with Gasteiger partial charge in [-0.15, -0.1) is 36.4 Å². The van der Waals surface area contributed by atoms with E-state index < -0.39 is 47.8 Å². The fourth-order valence-corrected chi connectivity index (χ4v) is 22.3. The second-order valence-corrected chi connectivity index (χ2v) is 61.6. The summed E-state index contributed by atoms with van der Waals surface area (Å²) in [4.78, 5) is 2.81. The zero-order valence-electron chi connectivity index (χ0n) is 53.7. The summed E-state index contributed by atoms with van der Waals surface area (Å²) in [6.07, 6.45) is 6.24. The molecule has 1 atom stereocenters. The maximum atomic E-state index is 5.52. The molecule has 8 rings (SSSR count). The Labute approximate surface area is 521 Å². The summed E-state index contributed by atoms with van der Waals surface area (Å²) < 4.78 is 5.52. The molecule has 0 radical (unpaired) electrons. The second kappa shape index (κ2) is 36.8. The molecule has 0 heterocycles. The van der Waals surface area contributed by atoms with E-state index in [1.54, 1.807) is 0 Å². The summed E-state index contributed by atoms with van der Waals surface area (Å²) in [6.45, 7) is 41.3. The average Bonchev–Trinajstić information content (AvgIpc) is 2.29. The lowest BCUT2D eigenvalue weighted by atomic mass is 9.85. The third-order valence-corrected chi connectivity index (χ3v) is 29.7. The van der Waals surface area contributed by atoms with Gasteiger partial charge in [-0.25, -0.2) is 0 Å². The topological polar surface area (TPSA) is 9.23 Å². The van der Waals surface area contributed by atoms with Crippen LogP contribution in [0.15, 0.2) is 265 Å². The summed E-state index contributed by atoms with van der Waals surface area (Å²) in [5.74, 6) is 2.82. The monoisotopic (exact) mass is 1240 g/mol. The van der Waals surface area contributed by atoms with Crippen LogP contribution in [0.25, 0.3) is 0 Å². The highest BCUT2D eigenvalue weighted by Gasteiger charge is 2.50. The quantitative estimate of drug-likeness (QED) is 0.0367. The second-order valence-electron chi connectivity index (χ2n) is 26.3. The predicted octanol–water partition coefficient (Wildman–Crippen LogP) is 20.8. The van der Waals surface area contributed by atoms with E-state index in [-0.39, 0.29) is 11.5 Å². The molecule has 0 saturated heterocycles. The first-order valence-corrected chi connectivity index (χ1v) is 52.2. The highest BCUT2D eigenvalue weighted by molar-refractivity contribution is 8.28. The maximum Gasteiger partial charge on any atom is 0.183 e. The molecule has 8 aromatic carbocycles. The van der Waals surface area contributed by atoms with E-state index in [1.165, 1.54) is 47.4 Å². The number of rotatable bonds is 18. The molecule has 9 heteroatoms. The SMILES string of the molecule is C#CC[Si](C)(C)C.C=C[Si](C)(C)C.CCCO[Si](C)(C)C.C[Si](C)(C)CSc1ccccc1.C[Si](C)(C)Sc1ccccc1.c1ccc(C(c2ccccc2)C(c2ccccc2)[Si](c2ccccc2)(c2ccccc2)c2ccccc2)cc1. The Kier molecular flexibility index (Phi) is 32.0. The molecule has 0 N–H and O–H groups in total. The standard InChI is InChI=1S/C38H32Si.C10H16SSi.C9H14SSi.C6H16OSi.C6H12Si.C5H12Si/c1-7-19-31(20-8-1)37(32-21-9-2-10-22-32)38(33-23-11-3-12-24-33)39(34-25-13-4-14-26-34,35-27-15-5-16-28-35)36-29-17-6-18-30-36;1-12(2,3)9-11-10-7-5-4-6-8-10;1-11(2,3)10-9-7-5-4-6-8-9;1-5-6-7-8(2,3)4;1-5-6-7(2,3)4;1-5-6(2,3)4/h1-30,37-38H;4-8H,9H2,1-3H3;4-8H,1-3H3;5-6H2,1-4H3;1H,6H2,2-4H3;5H,1H2,2-4H3. The van der Waals surface area contributed by atoms with Gasteiger partial charge in [-0.05, 0) is 88.0 Å². The lowest BCUT2D eigenvalue weighted by molar-refractivity contribution is 0.311. The molecular weight excluding hydrogens is 1140 g/mol. The molecule has 0 amide bonds. The van der Waals surface area contributed by atoms with Crippen molar-refractivity contribution in [2.45, 2.75) is 139 Å². The van der Waals surface area contributed by atoms with Crippen molar-refractivity contribution >= 4 is 86.4 Å². The van der Waals surface area contributed by atoms with Gasteiger partial charge >= 0.3 is 0 Å². The van der Waals surface area contributed by atoms with Crippen molar-refractivity contribution in [3.05, 3.63) is 272 Å². The smallest absolute Gasteiger partial charge is 0.183 e. The van der Waals surface area contributed by atoms with Crippen molar-refractivity contribution in [2.24, 2.45) is 0 Å². The van der Waals surface area contributed by atoms with Crippen LogP contribution in [0.1, 0.15) is 41.5 Å². The Hall–Kier alpha value is -4.98. The van der Waals surface area contributed by atoms with E-state index in [0.29, 0.717) is 0 Å². The van der Waals surface area contributed by atoms with Crippen molar-refractivity contribution in [2.75, 3.05) is 12.0 Å². The van der Waals surface area contributed by atoms with E-state index in [9.17, 15) is 0 Å². The molecule has 440 valence electrons. The fourth-order valence-electron chi connectivity index (χ4n) is 8.77. The molecule has 1 nitrogen and oxygen atoms in total. The summed E-state index contributed by atoms with van der Waals surface area (Å²) in [5.41, 5.74) is 6.33. The Morgan fingerprint density at radius 2 is 0.759 bits per heavy atom. The van der Waals surface area contributed by atoms with Crippen LogP contribution in [-0.2, 0) is 4.43 Å². The minimum Gasteiger partial charge on any atom is -0.418 e. The number of hydrogen-bond acceptors (Lipinski definition) is 3. The van der Waals surface area contributed by atoms with Crippen molar-refractivity contribution in [3.8, 4) is 12.3 Å². The summed E-state index contributed by atoms with van der Waals surface area (Å²) in [6, 6.07) is 89.7. The van der Waals surface area contributed by atoms with Crippen LogP contribution in [0, 0.1) is 12.3 Å². The number of thioether (sulfide) groups is 1. The molecule has 0 aromatic heterocycles. The van der Waals surface area contributed by atoms with Crippen molar-refractivity contribution < 1.29 is 4.43 Å². The largest absolute Gasteiger partial charge is 0.418 e. The summed E-state index contributed by atoms with van der Waals surface area (Å²) >= 11 is 4.03. The van der Waals surface area contributed by atoms with Gasteiger partial charge in [-0.3, -0.25) is 0 Å². The van der Waals surface area contributed by atoms with Crippen LogP contribution >= 0.6 is 23.0 Å². The minimum absolute atomic E-state index is 0.155. The van der Waals surface area contributed by atoms with Gasteiger partial charge in [-0.2, -0.15) is 11.2 Å². The van der Waals surface area contributed by atoms with Gasteiger partial charge in [0.1, 0.15) is 7.22 Å². The molecule has 0 aliphatic carbocycles. The Morgan fingerprint density at radius 3 is 1.01 bits per heavy atom. The Bertz CT molecular complexity index is 2830.